The van der Waals surface area contributed by atoms with Crippen molar-refractivity contribution < 1.29 is 4.79 Å². The first-order valence-corrected chi connectivity index (χ1v) is 7.39. The van der Waals surface area contributed by atoms with E-state index in [0.29, 0.717) is 6.42 Å². The lowest BCUT2D eigenvalue weighted by Crippen LogP contribution is -2.13. The second kappa shape index (κ2) is 5.00. The van der Waals surface area contributed by atoms with Crippen LogP contribution in [0, 0.1) is 5.41 Å². The van der Waals surface area contributed by atoms with Gasteiger partial charge in [0.1, 0.15) is 0 Å². The van der Waals surface area contributed by atoms with E-state index >= 15 is 0 Å². The Labute approximate surface area is 125 Å². The zero-order chi connectivity index (χ0) is 15.0. The van der Waals surface area contributed by atoms with Crippen molar-refractivity contribution in [3.05, 3.63) is 60.2 Å². The van der Waals surface area contributed by atoms with Gasteiger partial charge in [-0.2, -0.15) is 0 Å². The molecule has 3 rings (SSSR count). The Morgan fingerprint density at radius 2 is 1.43 bits per heavy atom. The smallest absolute Gasteiger partial charge is 0.164 e. The maximum atomic E-state index is 12.7. The van der Waals surface area contributed by atoms with Gasteiger partial charge in [-0.1, -0.05) is 69.3 Å². The molecular weight excluding hydrogens is 256 g/mol. The van der Waals surface area contributed by atoms with Crippen molar-refractivity contribution in [2.24, 2.45) is 5.41 Å². The fourth-order valence-electron chi connectivity index (χ4n) is 2.86. The molecule has 0 N–H and O–H groups in total. The molecule has 0 aliphatic carbocycles. The molecular formula is C20H20O. The molecule has 0 aromatic heterocycles. The minimum Gasteiger partial charge on any atom is -0.294 e. The van der Waals surface area contributed by atoms with Crippen molar-refractivity contribution >= 4 is 27.3 Å². The van der Waals surface area contributed by atoms with Crippen LogP contribution in [0.4, 0.5) is 0 Å². The summed E-state index contributed by atoms with van der Waals surface area (Å²) in [7, 11) is 0. The van der Waals surface area contributed by atoms with Crippen LogP contribution >= 0.6 is 0 Å². The highest BCUT2D eigenvalue weighted by Crippen LogP contribution is 2.31. The Morgan fingerprint density at radius 1 is 0.857 bits per heavy atom. The molecule has 0 spiro atoms. The van der Waals surface area contributed by atoms with E-state index in [9.17, 15) is 4.79 Å². The van der Waals surface area contributed by atoms with Gasteiger partial charge in [0.05, 0.1) is 0 Å². The van der Waals surface area contributed by atoms with E-state index in [-0.39, 0.29) is 11.2 Å². The fourth-order valence-corrected chi connectivity index (χ4v) is 2.86. The van der Waals surface area contributed by atoms with Crippen molar-refractivity contribution in [1.82, 2.24) is 0 Å². The SMILES string of the molecule is CC(C)(C)CC(=O)c1cc2ccccc2c2ccccc12. The molecule has 0 bridgehead atoms. The highest BCUT2D eigenvalue weighted by atomic mass is 16.1. The molecule has 0 fully saturated rings. The molecule has 0 atom stereocenters. The summed E-state index contributed by atoms with van der Waals surface area (Å²) in [6.07, 6.45) is 0.565. The van der Waals surface area contributed by atoms with Gasteiger partial charge in [-0.3, -0.25) is 4.79 Å². The lowest BCUT2D eigenvalue weighted by Gasteiger charge is -2.18. The largest absolute Gasteiger partial charge is 0.294 e. The van der Waals surface area contributed by atoms with E-state index in [2.05, 4.69) is 45.0 Å². The number of hydrogen-bond acceptors (Lipinski definition) is 1. The maximum absolute atomic E-state index is 12.7. The summed E-state index contributed by atoms with van der Waals surface area (Å²) in [4.78, 5) is 12.7. The Balaban J connectivity index is 2.28. The number of ketones is 1. The Kier molecular flexibility index (Phi) is 3.29. The molecule has 0 radical (unpaired) electrons. The zero-order valence-corrected chi connectivity index (χ0v) is 12.8. The van der Waals surface area contributed by atoms with Crippen LogP contribution in [0.15, 0.2) is 54.6 Å². The highest BCUT2D eigenvalue weighted by molar-refractivity contribution is 6.17. The van der Waals surface area contributed by atoms with Crippen LogP contribution in [0.25, 0.3) is 21.5 Å². The summed E-state index contributed by atoms with van der Waals surface area (Å²) in [6.45, 7) is 6.32. The second-order valence-corrected chi connectivity index (χ2v) is 6.85. The van der Waals surface area contributed by atoms with E-state index in [4.69, 9.17) is 0 Å². The van der Waals surface area contributed by atoms with Crippen molar-refractivity contribution in [3.8, 4) is 0 Å². The van der Waals surface area contributed by atoms with Gasteiger partial charge in [0.2, 0.25) is 0 Å². The van der Waals surface area contributed by atoms with Crippen LogP contribution in [0.1, 0.15) is 37.6 Å². The quantitative estimate of drug-likeness (QED) is 0.439. The summed E-state index contributed by atoms with van der Waals surface area (Å²) >= 11 is 0. The number of benzene rings is 3. The predicted molar refractivity (Wildman–Crippen MR) is 89.9 cm³/mol. The van der Waals surface area contributed by atoms with Gasteiger partial charge in [0, 0.05) is 12.0 Å². The molecule has 3 aromatic carbocycles. The van der Waals surface area contributed by atoms with Crippen LogP contribution in [-0.2, 0) is 0 Å². The molecule has 0 heterocycles. The Morgan fingerprint density at radius 3 is 2.10 bits per heavy atom. The molecule has 0 amide bonds. The second-order valence-electron chi connectivity index (χ2n) is 6.85. The first-order chi connectivity index (χ1) is 9.96. The standard InChI is InChI=1S/C20H20O/c1-20(2,3)13-19(21)18-12-14-8-4-5-9-15(14)16-10-6-7-11-17(16)18/h4-12H,13H2,1-3H3. The summed E-state index contributed by atoms with van der Waals surface area (Å²) in [5.74, 6) is 0.226. The van der Waals surface area contributed by atoms with Crippen LogP contribution < -0.4 is 0 Å². The average molecular weight is 276 g/mol. The maximum Gasteiger partial charge on any atom is 0.164 e. The fraction of sp³-hybridized carbons (Fsp3) is 0.250. The molecule has 0 unspecified atom stereocenters. The third-order valence-electron chi connectivity index (χ3n) is 3.76. The van der Waals surface area contributed by atoms with Gasteiger partial charge in [-0.05, 0) is 33.0 Å². The van der Waals surface area contributed by atoms with E-state index < -0.39 is 0 Å². The Bertz CT molecular complexity index is 822. The van der Waals surface area contributed by atoms with Gasteiger partial charge in [0.25, 0.3) is 0 Å². The minimum atomic E-state index is 0.00380. The van der Waals surface area contributed by atoms with Crippen molar-refractivity contribution in [2.75, 3.05) is 0 Å². The van der Waals surface area contributed by atoms with Crippen molar-refractivity contribution in [3.63, 3.8) is 0 Å². The lowest BCUT2D eigenvalue weighted by atomic mass is 9.85. The normalized spacial score (nSPS) is 12.0. The molecule has 1 heteroatoms. The van der Waals surface area contributed by atoms with Gasteiger partial charge in [0.15, 0.2) is 5.78 Å². The summed E-state index contributed by atoms with van der Waals surface area (Å²) < 4.78 is 0. The van der Waals surface area contributed by atoms with Gasteiger partial charge >= 0.3 is 0 Å². The molecule has 0 saturated carbocycles. The number of rotatable bonds is 2. The van der Waals surface area contributed by atoms with Gasteiger partial charge in [-0.25, -0.2) is 0 Å². The van der Waals surface area contributed by atoms with Crippen LogP contribution in [-0.4, -0.2) is 5.78 Å². The summed E-state index contributed by atoms with van der Waals surface area (Å²) in [5, 5.41) is 4.56. The number of hydrogen-bond donors (Lipinski definition) is 0. The van der Waals surface area contributed by atoms with Gasteiger partial charge in [-0.15, -0.1) is 0 Å². The topological polar surface area (TPSA) is 17.1 Å². The summed E-state index contributed by atoms with van der Waals surface area (Å²) in [5.41, 5.74) is 0.850. The van der Waals surface area contributed by atoms with Crippen molar-refractivity contribution in [1.29, 1.82) is 0 Å². The average Bonchev–Trinajstić information content (AvgIpc) is 2.44. The Hall–Kier alpha value is -2.15. The molecule has 106 valence electrons. The number of Topliss-reactive ketones (excluding diaryl/α,β-unsaturated/α-hetero) is 1. The van der Waals surface area contributed by atoms with E-state index in [1.807, 2.05) is 30.3 Å². The summed E-state index contributed by atoms with van der Waals surface area (Å²) in [6, 6.07) is 18.5. The van der Waals surface area contributed by atoms with Crippen molar-refractivity contribution in [2.45, 2.75) is 27.2 Å². The molecule has 0 saturated heterocycles. The molecule has 0 aliphatic rings. The molecule has 3 aromatic rings. The predicted octanol–water partition coefficient (Wildman–Crippen LogP) is 5.61. The van der Waals surface area contributed by atoms with Crippen LogP contribution in [0.2, 0.25) is 0 Å². The zero-order valence-electron chi connectivity index (χ0n) is 12.8. The van der Waals surface area contributed by atoms with Gasteiger partial charge < -0.3 is 0 Å². The van der Waals surface area contributed by atoms with Crippen LogP contribution in [0.3, 0.4) is 0 Å². The highest BCUT2D eigenvalue weighted by Gasteiger charge is 2.19. The monoisotopic (exact) mass is 276 g/mol. The number of fused-ring (bicyclic) bond motifs is 3. The first-order valence-electron chi connectivity index (χ1n) is 7.39. The number of carbonyl (C=O) groups is 1. The van der Waals surface area contributed by atoms with Crippen LogP contribution in [0.5, 0.6) is 0 Å². The van der Waals surface area contributed by atoms with E-state index in [0.717, 1.165) is 21.7 Å². The first kappa shape index (κ1) is 13.8. The van der Waals surface area contributed by atoms with E-state index in [1.165, 1.54) is 5.39 Å². The third-order valence-corrected chi connectivity index (χ3v) is 3.76. The molecule has 21 heavy (non-hydrogen) atoms. The molecule has 1 nitrogen and oxygen atoms in total. The third kappa shape index (κ3) is 2.69. The van der Waals surface area contributed by atoms with E-state index in [1.54, 1.807) is 0 Å². The molecule has 0 aliphatic heterocycles. The number of carbonyl (C=O) groups excluding carboxylic acids is 1. The lowest BCUT2D eigenvalue weighted by molar-refractivity contribution is 0.0941. The minimum absolute atomic E-state index is 0.00380.